The van der Waals surface area contributed by atoms with E-state index in [9.17, 15) is 0 Å². The first kappa shape index (κ1) is 13.1. The molecule has 0 unspecified atom stereocenters. The summed E-state index contributed by atoms with van der Waals surface area (Å²) in [6, 6.07) is 0.348. The smallest absolute Gasteiger partial charge is 0.142 e. The molecule has 0 amide bonds. The Bertz CT molecular complexity index is 756. The van der Waals surface area contributed by atoms with Gasteiger partial charge in [0, 0.05) is 17.1 Å². The van der Waals surface area contributed by atoms with Crippen LogP contribution in [0.4, 0.5) is 11.5 Å². The van der Waals surface area contributed by atoms with Gasteiger partial charge in [-0.1, -0.05) is 0 Å². The van der Waals surface area contributed by atoms with Crippen LogP contribution < -0.4 is 5.32 Å². The zero-order valence-electron chi connectivity index (χ0n) is 12.0. The van der Waals surface area contributed by atoms with Gasteiger partial charge in [0.15, 0.2) is 0 Å². The molecule has 0 aliphatic rings. The van der Waals surface area contributed by atoms with Gasteiger partial charge in [-0.25, -0.2) is 9.97 Å². The van der Waals surface area contributed by atoms with Crippen molar-refractivity contribution in [3.63, 3.8) is 0 Å². The maximum Gasteiger partial charge on any atom is 0.142 e. The Kier molecular flexibility index (Phi) is 3.17. The molecule has 20 heavy (non-hydrogen) atoms. The molecule has 0 fully saturated rings. The van der Waals surface area contributed by atoms with Gasteiger partial charge in [0.2, 0.25) is 0 Å². The lowest BCUT2D eigenvalue weighted by atomic mass is 10.2. The molecule has 5 nitrogen and oxygen atoms in total. The van der Waals surface area contributed by atoms with Crippen molar-refractivity contribution in [1.82, 2.24) is 19.7 Å². The fourth-order valence-electron chi connectivity index (χ4n) is 2.10. The normalized spacial score (nSPS) is 11.4. The predicted octanol–water partition coefficient (Wildman–Crippen LogP) is 3.83. The van der Waals surface area contributed by atoms with Crippen LogP contribution in [0.3, 0.4) is 0 Å². The van der Waals surface area contributed by atoms with Crippen molar-refractivity contribution in [3.8, 4) is 0 Å². The van der Waals surface area contributed by atoms with Crippen LogP contribution in [-0.2, 0) is 0 Å². The van der Waals surface area contributed by atoms with E-state index in [1.807, 2.05) is 17.1 Å². The molecule has 0 bridgehead atoms. The molecule has 3 rings (SSSR count). The zero-order valence-corrected chi connectivity index (χ0v) is 12.8. The number of nitrogens with zero attached hydrogens (tertiary/aromatic N) is 4. The summed E-state index contributed by atoms with van der Waals surface area (Å²) >= 11 is 1.70. The molecule has 0 radical (unpaired) electrons. The van der Waals surface area contributed by atoms with Gasteiger partial charge in [0.05, 0.1) is 17.3 Å². The van der Waals surface area contributed by atoms with Crippen molar-refractivity contribution >= 4 is 33.1 Å². The minimum absolute atomic E-state index is 0.348. The number of aryl methyl sites for hydroxylation is 2. The molecule has 0 spiro atoms. The van der Waals surface area contributed by atoms with Gasteiger partial charge in [-0.3, -0.25) is 4.68 Å². The number of anilines is 2. The van der Waals surface area contributed by atoms with Crippen LogP contribution in [0.2, 0.25) is 0 Å². The molecule has 104 valence electrons. The van der Waals surface area contributed by atoms with Crippen LogP contribution >= 0.6 is 11.3 Å². The van der Waals surface area contributed by atoms with E-state index in [1.54, 1.807) is 17.7 Å². The van der Waals surface area contributed by atoms with Crippen LogP contribution in [0.25, 0.3) is 10.2 Å². The minimum Gasteiger partial charge on any atom is -0.337 e. The molecule has 6 heteroatoms. The fourth-order valence-corrected chi connectivity index (χ4v) is 3.10. The van der Waals surface area contributed by atoms with Crippen molar-refractivity contribution in [2.24, 2.45) is 0 Å². The van der Waals surface area contributed by atoms with Gasteiger partial charge in [0.25, 0.3) is 0 Å². The highest BCUT2D eigenvalue weighted by Crippen LogP contribution is 2.33. The Morgan fingerprint density at radius 1 is 1.25 bits per heavy atom. The van der Waals surface area contributed by atoms with Gasteiger partial charge in [-0.05, 0) is 33.3 Å². The Hall–Kier alpha value is -1.95. The Morgan fingerprint density at radius 2 is 2.05 bits per heavy atom. The number of nitrogens with one attached hydrogen (secondary N) is 1. The summed E-state index contributed by atoms with van der Waals surface area (Å²) in [6.07, 6.45) is 5.42. The van der Waals surface area contributed by atoms with E-state index in [-0.39, 0.29) is 0 Å². The van der Waals surface area contributed by atoms with Gasteiger partial charge in [0.1, 0.15) is 17.0 Å². The second-order valence-electron chi connectivity index (χ2n) is 5.11. The maximum atomic E-state index is 4.38. The summed E-state index contributed by atoms with van der Waals surface area (Å²) in [7, 11) is 0. The van der Waals surface area contributed by atoms with E-state index in [2.05, 4.69) is 48.1 Å². The quantitative estimate of drug-likeness (QED) is 0.795. The summed E-state index contributed by atoms with van der Waals surface area (Å²) in [6.45, 7) is 8.43. The SMILES string of the molecule is Cc1sc2ncnc(Nc3cnn(C(C)C)c3)c2c1C. The number of fused-ring (bicyclic) bond motifs is 1. The largest absolute Gasteiger partial charge is 0.337 e. The summed E-state index contributed by atoms with van der Waals surface area (Å²) < 4.78 is 1.92. The van der Waals surface area contributed by atoms with Crippen LogP contribution in [0.5, 0.6) is 0 Å². The lowest BCUT2D eigenvalue weighted by Crippen LogP contribution is -2.00. The van der Waals surface area contributed by atoms with Gasteiger partial charge >= 0.3 is 0 Å². The predicted molar refractivity (Wildman–Crippen MR) is 82.8 cm³/mol. The standard InChI is InChI=1S/C14H17N5S/c1-8(2)19-6-11(5-17-19)18-13-12-9(3)10(4)20-14(12)16-7-15-13/h5-8H,1-4H3,(H,15,16,18). The maximum absolute atomic E-state index is 4.38. The molecule has 0 saturated carbocycles. The van der Waals surface area contributed by atoms with Crippen molar-refractivity contribution in [3.05, 3.63) is 29.2 Å². The molecule has 0 aromatic carbocycles. The molecule has 0 aliphatic carbocycles. The van der Waals surface area contributed by atoms with Crippen molar-refractivity contribution < 1.29 is 0 Å². The molecule has 3 heterocycles. The lowest BCUT2D eigenvalue weighted by Gasteiger charge is -2.05. The van der Waals surface area contributed by atoms with Crippen LogP contribution in [-0.4, -0.2) is 19.7 Å². The van der Waals surface area contributed by atoms with E-state index >= 15 is 0 Å². The van der Waals surface area contributed by atoms with Crippen LogP contribution in [0.1, 0.15) is 30.3 Å². The highest BCUT2D eigenvalue weighted by Gasteiger charge is 2.12. The molecule has 3 aromatic rings. The van der Waals surface area contributed by atoms with Gasteiger partial charge in [-0.15, -0.1) is 11.3 Å². The Morgan fingerprint density at radius 3 is 2.75 bits per heavy atom. The number of hydrogen-bond acceptors (Lipinski definition) is 5. The fraction of sp³-hybridized carbons (Fsp3) is 0.357. The van der Waals surface area contributed by atoms with Crippen molar-refractivity contribution in [2.45, 2.75) is 33.7 Å². The van der Waals surface area contributed by atoms with Gasteiger partial charge < -0.3 is 5.32 Å². The minimum atomic E-state index is 0.348. The summed E-state index contributed by atoms with van der Waals surface area (Å²) in [5.41, 5.74) is 2.19. The first-order chi connectivity index (χ1) is 9.56. The molecule has 0 atom stereocenters. The monoisotopic (exact) mass is 287 g/mol. The summed E-state index contributed by atoms with van der Waals surface area (Å²) in [5.74, 6) is 0.847. The van der Waals surface area contributed by atoms with E-state index < -0.39 is 0 Å². The highest BCUT2D eigenvalue weighted by molar-refractivity contribution is 7.18. The van der Waals surface area contributed by atoms with Crippen molar-refractivity contribution in [1.29, 1.82) is 0 Å². The Balaban J connectivity index is 2.01. The third kappa shape index (κ3) is 2.16. The third-order valence-electron chi connectivity index (χ3n) is 3.36. The average molecular weight is 287 g/mol. The molecular weight excluding hydrogens is 270 g/mol. The second-order valence-corrected chi connectivity index (χ2v) is 6.32. The number of thiophene rings is 1. The van der Waals surface area contributed by atoms with Crippen molar-refractivity contribution in [2.75, 3.05) is 5.32 Å². The average Bonchev–Trinajstić information content (AvgIpc) is 2.97. The number of rotatable bonds is 3. The topological polar surface area (TPSA) is 55.6 Å². The molecule has 1 N–H and O–H groups in total. The second kappa shape index (κ2) is 4.86. The third-order valence-corrected chi connectivity index (χ3v) is 4.47. The van der Waals surface area contributed by atoms with Gasteiger partial charge in [-0.2, -0.15) is 5.10 Å². The van der Waals surface area contributed by atoms with Crippen LogP contribution in [0, 0.1) is 13.8 Å². The van der Waals surface area contributed by atoms with E-state index in [1.165, 1.54) is 10.4 Å². The van der Waals surface area contributed by atoms with E-state index in [4.69, 9.17) is 0 Å². The van der Waals surface area contributed by atoms with E-state index in [0.717, 1.165) is 21.7 Å². The van der Waals surface area contributed by atoms with Crippen LogP contribution in [0.15, 0.2) is 18.7 Å². The lowest BCUT2D eigenvalue weighted by molar-refractivity contribution is 0.532. The molecule has 0 saturated heterocycles. The number of aromatic nitrogens is 4. The zero-order chi connectivity index (χ0) is 14.3. The molecule has 0 aliphatic heterocycles. The summed E-state index contributed by atoms with van der Waals surface area (Å²) in [4.78, 5) is 11.0. The Labute approximate surface area is 121 Å². The highest BCUT2D eigenvalue weighted by atomic mass is 32.1. The molecular formula is C14H17N5S. The summed E-state index contributed by atoms with van der Waals surface area (Å²) in [5, 5.41) is 8.79. The first-order valence-electron chi connectivity index (χ1n) is 6.58. The molecule has 3 aromatic heterocycles. The first-order valence-corrected chi connectivity index (χ1v) is 7.40. The number of hydrogen-bond donors (Lipinski definition) is 1. The van der Waals surface area contributed by atoms with E-state index in [0.29, 0.717) is 6.04 Å².